The van der Waals surface area contributed by atoms with Crippen molar-refractivity contribution in [2.75, 3.05) is 20.3 Å². The van der Waals surface area contributed by atoms with Crippen LogP contribution in [0.5, 0.6) is 17.2 Å². The minimum absolute atomic E-state index is 0.262. The number of fused-ring (bicyclic) bond motifs is 1. The third kappa shape index (κ3) is 4.30. The summed E-state index contributed by atoms with van der Waals surface area (Å²) >= 11 is 6.26. The van der Waals surface area contributed by atoms with Crippen molar-refractivity contribution >= 4 is 17.5 Å². The number of rotatable bonds is 5. The Morgan fingerprint density at radius 3 is 2.79 bits per heavy atom. The third-order valence-corrected chi connectivity index (χ3v) is 4.76. The van der Waals surface area contributed by atoms with Crippen LogP contribution in [0.25, 0.3) is 5.69 Å². The molecule has 7 nitrogen and oxygen atoms in total. The Bertz CT molecular complexity index is 1020. The van der Waals surface area contributed by atoms with Crippen LogP contribution >= 0.6 is 11.6 Å². The van der Waals surface area contributed by atoms with E-state index in [0.717, 1.165) is 23.6 Å². The molecular weight excluding hydrogens is 394 g/mol. The van der Waals surface area contributed by atoms with Crippen molar-refractivity contribution in [1.82, 2.24) is 15.1 Å². The molecule has 29 heavy (non-hydrogen) atoms. The second-order valence-corrected chi connectivity index (χ2v) is 6.88. The Morgan fingerprint density at radius 1 is 1.21 bits per heavy atom. The summed E-state index contributed by atoms with van der Waals surface area (Å²) < 4.78 is 18.1. The smallest absolute Gasteiger partial charge is 0.251 e. The zero-order valence-corrected chi connectivity index (χ0v) is 16.6. The number of hydrogen-bond donors (Lipinski definition) is 1. The highest BCUT2D eigenvalue weighted by atomic mass is 35.5. The Morgan fingerprint density at radius 2 is 2.00 bits per heavy atom. The van der Waals surface area contributed by atoms with Crippen LogP contribution in [0.15, 0.2) is 48.7 Å². The molecule has 0 spiro atoms. The lowest BCUT2D eigenvalue weighted by molar-refractivity contribution is 0.0950. The number of carbonyl (C=O) groups is 1. The average Bonchev–Trinajstić information content (AvgIpc) is 3.09. The number of amides is 1. The van der Waals surface area contributed by atoms with Crippen molar-refractivity contribution < 1.29 is 19.0 Å². The fourth-order valence-corrected chi connectivity index (χ4v) is 3.23. The number of nitrogens with one attached hydrogen (secondary N) is 1. The molecule has 3 aromatic rings. The van der Waals surface area contributed by atoms with Gasteiger partial charge in [-0.15, -0.1) is 0 Å². The summed E-state index contributed by atoms with van der Waals surface area (Å²) in [5.41, 5.74) is 2.04. The summed E-state index contributed by atoms with van der Waals surface area (Å²) in [6.45, 7) is 1.35. The summed E-state index contributed by atoms with van der Waals surface area (Å²) in [5.74, 6) is 1.49. The van der Waals surface area contributed by atoms with Crippen molar-refractivity contribution in [3.63, 3.8) is 0 Å². The number of nitrogens with zero attached hydrogens (tertiary/aromatic N) is 2. The first-order valence-electron chi connectivity index (χ1n) is 9.20. The molecule has 1 amide bonds. The maximum absolute atomic E-state index is 12.6. The fraction of sp³-hybridized carbons (Fsp3) is 0.238. The zero-order chi connectivity index (χ0) is 20.2. The van der Waals surface area contributed by atoms with Gasteiger partial charge in [-0.05, 0) is 42.5 Å². The van der Waals surface area contributed by atoms with Crippen molar-refractivity contribution in [1.29, 1.82) is 0 Å². The lowest BCUT2D eigenvalue weighted by Crippen LogP contribution is -2.23. The van der Waals surface area contributed by atoms with E-state index in [1.54, 1.807) is 23.9 Å². The average molecular weight is 414 g/mol. The van der Waals surface area contributed by atoms with Crippen LogP contribution in [0.4, 0.5) is 0 Å². The molecule has 2 heterocycles. The van der Waals surface area contributed by atoms with Gasteiger partial charge in [0.1, 0.15) is 5.75 Å². The van der Waals surface area contributed by atoms with Crippen molar-refractivity contribution in [2.45, 2.75) is 13.0 Å². The molecule has 8 heteroatoms. The van der Waals surface area contributed by atoms with Crippen molar-refractivity contribution in [2.24, 2.45) is 0 Å². The highest BCUT2D eigenvalue weighted by Gasteiger charge is 2.18. The van der Waals surface area contributed by atoms with Crippen LogP contribution in [0, 0.1) is 0 Å². The molecular formula is C21H20ClN3O4. The normalized spacial score (nSPS) is 12.9. The van der Waals surface area contributed by atoms with Gasteiger partial charge in [-0.25, -0.2) is 4.68 Å². The van der Waals surface area contributed by atoms with Crippen LogP contribution in [0.2, 0.25) is 5.02 Å². The molecule has 0 saturated carbocycles. The minimum atomic E-state index is -0.262. The second-order valence-electron chi connectivity index (χ2n) is 6.47. The molecule has 1 aliphatic rings. The van der Waals surface area contributed by atoms with Gasteiger partial charge in [-0.2, -0.15) is 5.10 Å². The van der Waals surface area contributed by atoms with E-state index in [1.807, 2.05) is 36.5 Å². The van der Waals surface area contributed by atoms with Gasteiger partial charge in [0, 0.05) is 18.2 Å². The monoisotopic (exact) mass is 413 g/mol. The van der Waals surface area contributed by atoms with Gasteiger partial charge in [0.25, 0.3) is 5.91 Å². The summed E-state index contributed by atoms with van der Waals surface area (Å²) in [7, 11) is 1.63. The summed E-state index contributed by atoms with van der Waals surface area (Å²) in [4.78, 5) is 12.6. The van der Waals surface area contributed by atoms with Gasteiger partial charge in [-0.1, -0.05) is 11.6 Å². The molecule has 0 radical (unpaired) electrons. The van der Waals surface area contributed by atoms with E-state index in [1.165, 1.54) is 0 Å². The molecule has 1 aromatic heterocycles. The van der Waals surface area contributed by atoms with Gasteiger partial charge in [0.15, 0.2) is 11.5 Å². The number of carbonyl (C=O) groups excluding carboxylic acids is 1. The number of aromatic nitrogens is 2. The SMILES string of the molecule is COc1ccc(-n2ccc(CNC(=O)c3cc(Cl)c4c(c3)OCCCO4)n2)cc1. The molecule has 0 aliphatic carbocycles. The Kier molecular flexibility index (Phi) is 5.57. The highest BCUT2D eigenvalue weighted by Crippen LogP contribution is 2.37. The van der Waals surface area contributed by atoms with Gasteiger partial charge in [-0.3, -0.25) is 4.79 Å². The fourth-order valence-electron chi connectivity index (χ4n) is 2.97. The third-order valence-electron chi connectivity index (χ3n) is 4.48. The van der Waals surface area contributed by atoms with E-state index in [2.05, 4.69) is 10.4 Å². The molecule has 4 rings (SSSR count). The number of hydrogen-bond acceptors (Lipinski definition) is 5. The molecule has 1 aliphatic heterocycles. The minimum Gasteiger partial charge on any atom is -0.497 e. The summed E-state index contributed by atoms with van der Waals surface area (Å²) in [6, 6.07) is 12.6. The van der Waals surface area contributed by atoms with E-state index in [-0.39, 0.29) is 12.5 Å². The first-order chi connectivity index (χ1) is 14.1. The standard InChI is InChI=1S/C21H20ClN3O4/c1-27-17-5-3-16(4-6-17)25-8-7-15(24-25)13-23-21(26)14-11-18(22)20-19(12-14)28-9-2-10-29-20/h3-8,11-12H,2,9-10,13H2,1H3,(H,23,26). The molecule has 0 fully saturated rings. The molecule has 2 aromatic carbocycles. The van der Waals surface area contributed by atoms with E-state index in [9.17, 15) is 4.79 Å². The number of ether oxygens (including phenoxy) is 3. The van der Waals surface area contributed by atoms with Crippen LogP contribution in [0.3, 0.4) is 0 Å². The zero-order valence-electron chi connectivity index (χ0n) is 15.9. The van der Waals surface area contributed by atoms with E-state index >= 15 is 0 Å². The van der Waals surface area contributed by atoms with Crippen molar-refractivity contribution in [3.05, 3.63) is 64.9 Å². The van der Waals surface area contributed by atoms with Crippen LogP contribution in [-0.2, 0) is 6.54 Å². The van der Waals surface area contributed by atoms with Crippen LogP contribution in [-0.4, -0.2) is 36.0 Å². The topological polar surface area (TPSA) is 74.6 Å². The molecule has 0 atom stereocenters. The Labute approximate surface area is 173 Å². The first kappa shape index (κ1) is 19.1. The van der Waals surface area contributed by atoms with Gasteiger partial charge in [0.2, 0.25) is 0 Å². The second kappa shape index (κ2) is 8.45. The number of halogens is 1. The molecule has 150 valence electrons. The van der Waals surface area contributed by atoms with Gasteiger partial charge < -0.3 is 19.5 Å². The number of methoxy groups -OCH3 is 1. The van der Waals surface area contributed by atoms with E-state index in [0.29, 0.717) is 35.3 Å². The van der Waals surface area contributed by atoms with Crippen LogP contribution < -0.4 is 19.5 Å². The van der Waals surface area contributed by atoms with Crippen molar-refractivity contribution in [3.8, 4) is 22.9 Å². The molecule has 0 unspecified atom stereocenters. The lowest BCUT2D eigenvalue weighted by Gasteiger charge is -2.11. The summed E-state index contributed by atoms with van der Waals surface area (Å²) in [6.07, 6.45) is 2.61. The molecule has 0 saturated heterocycles. The van der Waals surface area contributed by atoms with Gasteiger partial charge in [0.05, 0.1) is 43.3 Å². The predicted molar refractivity (Wildman–Crippen MR) is 108 cm³/mol. The van der Waals surface area contributed by atoms with E-state index < -0.39 is 0 Å². The Balaban J connectivity index is 1.43. The van der Waals surface area contributed by atoms with Gasteiger partial charge >= 0.3 is 0 Å². The highest BCUT2D eigenvalue weighted by molar-refractivity contribution is 6.32. The maximum atomic E-state index is 12.6. The lowest BCUT2D eigenvalue weighted by atomic mass is 10.2. The summed E-state index contributed by atoms with van der Waals surface area (Å²) in [5, 5.41) is 7.71. The molecule has 1 N–H and O–H groups in total. The maximum Gasteiger partial charge on any atom is 0.251 e. The largest absolute Gasteiger partial charge is 0.497 e. The quantitative estimate of drug-likeness (QED) is 0.691. The number of benzene rings is 2. The molecule has 0 bridgehead atoms. The van der Waals surface area contributed by atoms with E-state index in [4.69, 9.17) is 25.8 Å². The predicted octanol–water partition coefficient (Wildman–Crippen LogP) is 3.63. The first-order valence-corrected chi connectivity index (χ1v) is 9.58. The Hall–Kier alpha value is -3.19. The van der Waals surface area contributed by atoms with Crippen LogP contribution in [0.1, 0.15) is 22.5 Å².